The van der Waals surface area contributed by atoms with E-state index in [-0.39, 0.29) is 23.0 Å². The van der Waals surface area contributed by atoms with Gasteiger partial charge in [-0.15, -0.1) is 11.3 Å². The van der Waals surface area contributed by atoms with Gasteiger partial charge in [-0.1, -0.05) is 46.3 Å². The number of halogens is 2. The molecule has 5 aromatic rings. The van der Waals surface area contributed by atoms with Crippen molar-refractivity contribution in [3.8, 4) is 34.3 Å². The SMILES string of the molecule is N#CC1=C(N)N(c2nc(-c3ccc(F)cc3)cs2)C2=C(C(=O)CCC2)C1c1cn(-c2ccccc2)nc1-c1ccc(Br)cc1. The summed E-state index contributed by atoms with van der Waals surface area (Å²) in [6.45, 7) is 0. The van der Waals surface area contributed by atoms with E-state index in [0.717, 1.165) is 32.5 Å². The van der Waals surface area contributed by atoms with Crippen LogP contribution in [0.1, 0.15) is 30.7 Å². The molecule has 7 nitrogen and oxygen atoms in total. The molecule has 1 aliphatic carbocycles. The molecule has 0 amide bonds. The van der Waals surface area contributed by atoms with E-state index in [9.17, 15) is 14.4 Å². The summed E-state index contributed by atoms with van der Waals surface area (Å²) < 4.78 is 16.3. The lowest BCUT2D eigenvalue weighted by molar-refractivity contribution is -0.116. The molecule has 216 valence electrons. The van der Waals surface area contributed by atoms with Gasteiger partial charge in [-0.2, -0.15) is 10.4 Å². The lowest BCUT2D eigenvalue weighted by Crippen LogP contribution is -2.38. The summed E-state index contributed by atoms with van der Waals surface area (Å²) in [4.78, 5) is 20.4. The van der Waals surface area contributed by atoms with Crippen LogP contribution < -0.4 is 10.6 Å². The second-order valence-electron chi connectivity index (χ2n) is 10.6. The molecule has 44 heavy (non-hydrogen) atoms. The van der Waals surface area contributed by atoms with Crippen molar-refractivity contribution < 1.29 is 9.18 Å². The highest BCUT2D eigenvalue weighted by Crippen LogP contribution is 2.49. The molecule has 0 radical (unpaired) electrons. The molecule has 3 aromatic carbocycles. The van der Waals surface area contributed by atoms with Crippen LogP contribution in [0.2, 0.25) is 0 Å². The van der Waals surface area contributed by atoms with Crippen LogP contribution >= 0.6 is 27.3 Å². The number of aromatic nitrogens is 3. The van der Waals surface area contributed by atoms with E-state index in [1.807, 2.05) is 66.2 Å². The van der Waals surface area contributed by atoms with Gasteiger partial charge in [0, 0.05) is 50.4 Å². The van der Waals surface area contributed by atoms with Gasteiger partial charge in [0.15, 0.2) is 10.9 Å². The quantitative estimate of drug-likeness (QED) is 0.206. The van der Waals surface area contributed by atoms with Gasteiger partial charge in [-0.25, -0.2) is 14.1 Å². The molecule has 1 unspecified atom stereocenters. The molecule has 2 aromatic heterocycles. The average Bonchev–Trinajstić information content (AvgIpc) is 3.70. The molecule has 0 fully saturated rings. The number of carbonyl (C=O) groups excluding carboxylic acids is 1. The molecule has 7 rings (SSSR count). The number of thiazole rings is 1. The Labute approximate surface area is 265 Å². The van der Waals surface area contributed by atoms with Crippen LogP contribution in [0.5, 0.6) is 0 Å². The van der Waals surface area contributed by atoms with Crippen molar-refractivity contribution in [3.63, 3.8) is 0 Å². The Morgan fingerprint density at radius 1 is 1.00 bits per heavy atom. The maximum atomic E-state index is 13.8. The van der Waals surface area contributed by atoms with Crippen molar-refractivity contribution in [1.82, 2.24) is 14.8 Å². The first-order chi connectivity index (χ1) is 21.4. The Morgan fingerprint density at radius 2 is 1.73 bits per heavy atom. The van der Waals surface area contributed by atoms with E-state index in [2.05, 4.69) is 22.0 Å². The highest BCUT2D eigenvalue weighted by atomic mass is 79.9. The number of anilines is 1. The highest BCUT2D eigenvalue weighted by molar-refractivity contribution is 9.10. The molecule has 2 N–H and O–H groups in total. The van der Waals surface area contributed by atoms with Crippen LogP contribution in [0.3, 0.4) is 0 Å². The third kappa shape index (κ3) is 4.84. The first-order valence-electron chi connectivity index (χ1n) is 14.0. The Morgan fingerprint density at radius 3 is 2.45 bits per heavy atom. The molecule has 2 aliphatic rings. The van der Waals surface area contributed by atoms with Gasteiger partial charge in [-0.3, -0.25) is 9.69 Å². The number of para-hydroxylation sites is 1. The van der Waals surface area contributed by atoms with Crippen LogP contribution in [0, 0.1) is 17.1 Å². The molecular formula is C34H24BrFN6OS. The summed E-state index contributed by atoms with van der Waals surface area (Å²) in [7, 11) is 0. The number of carbonyl (C=O) groups is 1. The number of nitrogens with two attached hydrogens (primary N) is 1. The summed E-state index contributed by atoms with van der Waals surface area (Å²) in [5, 5.41) is 18.0. The van der Waals surface area contributed by atoms with E-state index in [1.54, 1.807) is 21.7 Å². The zero-order valence-corrected chi connectivity index (χ0v) is 25.6. The fraction of sp³-hybridized carbons (Fsp3) is 0.118. The number of hydrogen-bond acceptors (Lipinski definition) is 7. The van der Waals surface area contributed by atoms with Crippen LogP contribution in [0.25, 0.3) is 28.2 Å². The summed E-state index contributed by atoms with van der Waals surface area (Å²) >= 11 is 4.87. The Kier molecular flexibility index (Phi) is 7.20. The van der Waals surface area contributed by atoms with E-state index in [0.29, 0.717) is 41.4 Å². The Bertz CT molecular complexity index is 2010. The monoisotopic (exact) mass is 662 g/mol. The molecule has 1 aliphatic heterocycles. The topological polar surface area (TPSA) is 101 Å². The molecule has 0 saturated heterocycles. The minimum atomic E-state index is -0.702. The first-order valence-corrected chi connectivity index (χ1v) is 15.7. The van der Waals surface area contributed by atoms with Crippen LogP contribution in [0.15, 0.2) is 118 Å². The lowest BCUT2D eigenvalue weighted by atomic mass is 9.75. The van der Waals surface area contributed by atoms with E-state index in [4.69, 9.17) is 15.8 Å². The molecule has 1 atom stereocenters. The van der Waals surface area contributed by atoms with Crippen molar-refractivity contribution in [2.24, 2.45) is 5.73 Å². The molecule has 0 bridgehead atoms. The normalized spacial score (nSPS) is 16.7. The number of nitrogens with zero attached hydrogens (tertiary/aromatic N) is 5. The Balaban J connectivity index is 1.42. The highest BCUT2D eigenvalue weighted by Gasteiger charge is 2.42. The second kappa shape index (κ2) is 11.3. The first kappa shape index (κ1) is 28.0. The largest absolute Gasteiger partial charge is 0.384 e. The maximum Gasteiger partial charge on any atom is 0.195 e. The number of rotatable bonds is 5. The van der Waals surface area contributed by atoms with Crippen molar-refractivity contribution in [2.45, 2.75) is 25.2 Å². The van der Waals surface area contributed by atoms with Crippen molar-refractivity contribution in [3.05, 3.63) is 129 Å². The van der Waals surface area contributed by atoms with E-state index < -0.39 is 5.92 Å². The van der Waals surface area contributed by atoms with Crippen molar-refractivity contribution in [1.29, 1.82) is 5.26 Å². The summed E-state index contributed by atoms with van der Waals surface area (Å²) in [6, 6.07) is 26.0. The van der Waals surface area contributed by atoms with Gasteiger partial charge in [0.05, 0.1) is 34.6 Å². The van der Waals surface area contributed by atoms with Crippen molar-refractivity contribution >= 4 is 38.2 Å². The Hall–Kier alpha value is -4.85. The van der Waals surface area contributed by atoms with Gasteiger partial charge in [0.2, 0.25) is 0 Å². The number of ketones is 1. The summed E-state index contributed by atoms with van der Waals surface area (Å²) in [5.41, 5.74) is 12.9. The van der Waals surface area contributed by atoms with Crippen LogP contribution in [0.4, 0.5) is 9.52 Å². The predicted octanol–water partition coefficient (Wildman–Crippen LogP) is 7.87. The fourth-order valence-electron chi connectivity index (χ4n) is 5.88. The third-order valence-electron chi connectivity index (χ3n) is 7.93. The lowest BCUT2D eigenvalue weighted by Gasteiger charge is -2.38. The third-order valence-corrected chi connectivity index (χ3v) is 9.28. The molecular weight excluding hydrogens is 639 g/mol. The fourth-order valence-corrected chi connectivity index (χ4v) is 7.01. The standard InChI is InChI=1S/C34H24BrFN6OS/c35-22-13-9-21(10-14-22)32-26(18-41(40-32)24-5-2-1-3-6-24)30-25(17-37)33(38)42(28-7-4-8-29(43)31(28)30)34-39-27(19-44-34)20-11-15-23(36)16-12-20/h1-3,5-6,9-16,18-19,30H,4,7-8,38H2. The zero-order valence-electron chi connectivity index (χ0n) is 23.2. The molecule has 3 heterocycles. The van der Waals surface area contributed by atoms with Crippen molar-refractivity contribution in [2.75, 3.05) is 4.90 Å². The number of Topliss-reactive ketones (excluding diaryl/α,β-unsaturated/α-hetero) is 1. The number of benzene rings is 3. The van der Waals surface area contributed by atoms with Gasteiger partial charge >= 0.3 is 0 Å². The van der Waals surface area contributed by atoms with Crippen LogP contribution in [-0.4, -0.2) is 20.5 Å². The molecule has 0 saturated carbocycles. The summed E-state index contributed by atoms with van der Waals surface area (Å²) in [6.07, 6.45) is 3.54. The van der Waals surface area contributed by atoms with E-state index in [1.165, 1.54) is 23.5 Å². The maximum absolute atomic E-state index is 13.8. The number of allylic oxidation sites excluding steroid dienone is 3. The number of nitriles is 1. The second-order valence-corrected chi connectivity index (χ2v) is 12.3. The average molecular weight is 664 g/mol. The van der Waals surface area contributed by atoms with Gasteiger partial charge in [-0.05, 0) is 61.4 Å². The van der Waals surface area contributed by atoms with E-state index >= 15 is 0 Å². The smallest absolute Gasteiger partial charge is 0.195 e. The summed E-state index contributed by atoms with van der Waals surface area (Å²) in [5.74, 6) is -0.816. The minimum Gasteiger partial charge on any atom is -0.384 e. The minimum absolute atomic E-state index is 0.0222. The van der Waals surface area contributed by atoms with Gasteiger partial charge in [0.1, 0.15) is 11.6 Å². The molecule has 0 spiro atoms. The van der Waals surface area contributed by atoms with Crippen LogP contribution in [-0.2, 0) is 4.79 Å². The zero-order chi connectivity index (χ0) is 30.4. The van der Waals surface area contributed by atoms with Gasteiger partial charge < -0.3 is 5.73 Å². The molecule has 10 heteroatoms. The number of hydrogen-bond donors (Lipinski definition) is 1. The predicted molar refractivity (Wildman–Crippen MR) is 172 cm³/mol. The van der Waals surface area contributed by atoms with Gasteiger partial charge in [0.25, 0.3) is 0 Å².